The van der Waals surface area contributed by atoms with E-state index in [1.165, 1.54) is 0 Å². The molecule has 2 aromatic carbocycles. The summed E-state index contributed by atoms with van der Waals surface area (Å²) in [7, 11) is 3.28. The number of methoxy groups -OCH3 is 2. The highest BCUT2D eigenvalue weighted by Crippen LogP contribution is 2.53. The molecule has 0 radical (unpaired) electrons. The van der Waals surface area contributed by atoms with Crippen molar-refractivity contribution in [2.45, 2.75) is 38.2 Å². The molecule has 2 aliphatic rings. The highest BCUT2D eigenvalue weighted by molar-refractivity contribution is 5.84. The van der Waals surface area contributed by atoms with Crippen LogP contribution in [0.2, 0.25) is 0 Å². The van der Waals surface area contributed by atoms with Crippen molar-refractivity contribution in [2.75, 3.05) is 27.3 Å². The van der Waals surface area contributed by atoms with Gasteiger partial charge in [0.1, 0.15) is 17.1 Å². The maximum atomic E-state index is 13.5. The maximum Gasteiger partial charge on any atom is 0.229 e. The summed E-state index contributed by atoms with van der Waals surface area (Å²) in [6.07, 6.45) is 1.95. The van der Waals surface area contributed by atoms with E-state index < -0.39 is 5.60 Å². The lowest BCUT2D eigenvalue weighted by Gasteiger charge is -2.46. The molecule has 5 atom stereocenters. The van der Waals surface area contributed by atoms with Gasteiger partial charge in [-0.3, -0.25) is 4.79 Å². The van der Waals surface area contributed by atoms with Crippen molar-refractivity contribution in [3.63, 3.8) is 0 Å². The lowest BCUT2D eigenvalue weighted by Crippen LogP contribution is -2.48. The van der Waals surface area contributed by atoms with Gasteiger partial charge in [0.2, 0.25) is 5.91 Å². The van der Waals surface area contributed by atoms with Crippen LogP contribution in [0.5, 0.6) is 11.5 Å². The molecule has 166 valence electrons. The van der Waals surface area contributed by atoms with Crippen LogP contribution in [0.4, 0.5) is 0 Å². The molecule has 0 aromatic heterocycles. The number of hydrogen-bond donors (Lipinski definition) is 1. The third-order valence-corrected chi connectivity index (χ3v) is 7.55. The summed E-state index contributed by atoms with van der Waals surface area (Å²) in [5.74, 6) is 1.60. The normalized spacial score (nSPS) is 28.7. The van der Waals surface area contributed by atoms with Crippen molar-refractivity contribution in [2.24, 2.45) is 17.8 Å². The van der Waals surface area contributed by atoms with Gasteiger partial charge in [-0.05, 0) is 43.7 Å². The van der Waals surface area contributed by atoms with Gasteiger partial charge in [0.15, 0.2) is 0 Å². The van der Waals surface area contributed by atoms with E-state index >= 15 is 0 Å². The van der Waals surface area contributed by atoms with Gasteiger partial charge in [0.05, 0.1) is 20.1 Å². The lowest BCUT2D eigenvalue weighted by atomic mass is 9.62. The number of para-hydroxylation sites is 2. The second-order valence-electron chi connectivity index (χ2n) is 9.08. The minimum atomic E-state index is -1.02. The zero-order valence-electron chi connectivity index (χ0n) is 18.9. The van der Waals surface area contributed by atoms with Crippen molar-refractivity contribution >= 4 is 5.91 Å². The smallest absolute Gasteiger partial charge is 0.229 e. The van der Waals surface area contributed by atoms with Gasteiger partial charge in [-0.25, -0.2) is 0 Å². The number of carbonyl (C=O) groups excluding carboxylic acids is 1. The Morgan fingerprint density at radius 3 is 2.39 bits per heavy atom. The second-order valence-corrected chi connectivity index (χ2v) is 9.08. The molecule has 5 nitrogen and oxygen atoms in total. The number of likely N-dealkylation sites (tertiary alicyclic amines) is 1. The van der Waals surface area contributed by atoms with E-state index in [2.05, 4.69) is 6.92 Å². The van der Waals surface area contributed by atoms with Crippen LogP contribution in [0.15, 0.2) is 48.5 Å². The molecule has 1 amide bonds. The fourth-order valence-corrected chi connectivity index (χ4v) is 5.76. The first kappa shape index (κ1) is 21.7. The fourth-order valence-electron chi connectivity index (χ4n) is 5.76. The van der Waals surface area contributed by atoms with Crippen molar-refractivity contribution in [3.8, 4) is 11.5 Å². The Bertz CT molecular complexity index is 945. The molecule has 0 unspecified atom stereocenters. The van der Waals surface area contributed by atoms with Crippen LogP contribution in [0.25, 0.3) is 0 Å². The molecule has 0 spiro atoms. The van der Waals surface area contributed by atoms with Crippen molar-refractivity contribution in [1.29, 1.82) is 0 Å². The van der Waals surface area contributed by atoms with E-state index in [1.807, 2.05) is 60.4 Å². The second kappa shape index (κ2) is 8.54. The Hall–Kier alpha value is -2.53. The van der Waals surface area contributed by atoms with Gasteiger partial charge < -0.3 is 19.5 Å². The quantitative estimate of drug-likeness (QED) is 0.783. The highest BCUT2D eigenvalue weighted by atomic mass is 16.5. The number of carbonyl (C=O) groups is 1. The lowest BCUT2D eigenvalue weighted by molar-refractivity contribution is -0.132. The molecule has 1 heterocycles. The molecule has 1 saturated carbocycles. The number of fused-ring (bicyclic) bond motifs is 1. The number of nitrogens with zero attached hydrogens (tertiary/aromatic N) is 1. The topological polar surface area (TPSA) is 59.0 Å². The third-order valence-electron chi connectivity index (χ3n) is 7.55. The number of aliphatic hydroxyl groups is 1. The van der Waals surface area contributed by atoms with Crippen molar-refractivity contribution in [3.05, 3.63) is 59.7 Å². The first-order valence-corrected chi connectivity index (χ1v) is 11.2. The van der Waals surface area contributed by atoms with E-state index in [-0.39, 0.29) is 29.6 Å². The Kier molecular flexibility index (Phi) is 5.98. The average molecular weight is 424 g/mol. The Morgan fingerprint density at radius 2 is 1.68 bits per heavy atom. The Labute approximate surface area is 185 Å². The van der Waals surface area contributed by atoms with Crippen LogP contribution in [0, 0.1) is 17.8 Å². The molecule has 2 fully saturated rings. The molecular weight excluding hydrogens is 390 g/mol. The average Bonchev–Trinajstić information content (AvgIpc) is 3.26. The third kappa shape index (κ3) is 3.59. The number of ether oxygens (including phenoxy) is 2. The van der Waals surface area contributed by atoms with Gasteiger partial charge in [-0.15, -0.1) is 0 Å². The molecule has 4 rings (SSSR count). The Morgan fingerprint density at radius 1 is 1.03 bits per heavy atom. The number of amides is 1. The van der Waals surface area contributed by atoms with E-state index in [4.69, 9.17) is 9.47 Å². The van der Waals surface area contributed by atoms with E-state index in [0.29, 0.717) is 18.8 Å². The zero-order valence-corrected chi connectivity index (χ0v) is 18.9. The van der Waals surface area contributed by atoms with Gasteiger partial charge in [-0.1, -0.05) is 43.3 Å². The van der Waals surface area contributed by atoms with Crippen molar-refractivity contribution < 1.29 is 19.4 Å². The predicted molar refractivity (Wildman–Crippen MR) is 120 cm³/mol. The summed E-state index contributed by atoms with van der Waals surface area (Å²) < 4.78 is 11.1. The van der Waals surface area contributed by atoms with Crippen LogP contribution in [0.1, 0.15) is 43.7 Å². The van der Waals surface area contributed by atoms with Gasteiger partial charge in [-0.2, -0.15) is 0 Å². The summed E-state index contributed by atoms with van der Waals surface area (Å²) in [5, 5.41) is 12.1. The van der Waals surface area contributed by atoms with E-state index in [0.717, 1.165) is 29.7 Å². The SMILES string of the molecule is COc1ccccc1[C@H](C)C(=O)N1C[C@H]2CC[C@@H](C)[C@](O)(c3ccccc3OC)[C@H]2C1. The van der Waals surface area contributed by atoms with E-state index in [1.54, 1.807) is 14.2 Å². The first-order chi connectivity index (χ1) is 14.9. The largest absolute Gasteiger partial charge is 0.496 e. The van der Waals surface area contributed by atoms with Crippen LogP contribution < -0.4 is 9.47 Å². The van der Waals surface area contributed by atoms with E-state index in [9.17, 15) is 9.90 Å². The maximum absolute atomic E-state index is 13.5. The minimum Gasteiger partial charge on any atom is -0.496 e. The molecular formula is C26H33NO4. The van der Waals surface area contributed by atoms with Crippen LogP contribution in [-0.2, 0) is 10.4 Å². The van der Waals surface area contributed by atoms with Crippen molar-refractivity contribution in [1.82, 2.24) is 4.90 Å². The summed E-state index contributed by atoms with van der Waals surface area (Å²) >= 11 is 0. The van der Waals surface area contributed by atoms with Gasteiger partial charge in [0, 0.05) is 30.1 Å². The molecule has 1 aliphatic carbocycles. The van der Waals surface area contributed by atoms with Gasteiger partial charge in [0.25, 0.3) is 0 Å². The minimum absolute atomic E-state index is 0.0126. The predicted octanol–water partition coefficient (Wildman–Crippen LogP) is 4.20. The summed E-state index contributed by atoms with van der Waals surface area (Å²) in [5.41, 5.74) is 0.725. The fraction of sp³-hybridized carbons (Fsp3) is 0.500. The first-order valence-electron chi connectivity index (χ1n) is 11.2. The summed E-state index contributed by atoms with van der Waals surface area (Å²) in [6.45, 7) is 5.30. The molecule has 31 heavy (non-hydrogen) atoms. The molecule has 0 bridgehead atoms. The molecule has 1 N–H and O–H groups in total. The summed E-state index contributed by atoms with van der Waals surface area (Å²) in [4.78, 5) is 15.4. The molecule has 2 aromatic rings. The number of hydrogen-bond acceptors (Lipinski definition) is 4. The van der Waals surface area contributed by atoms with Crippen LogP contribution >= 0.6 is 0 Å². The summed E-state index contributed by atoms with van der Waals surface area (Å²) in [6, 6.07) is 15.5. The van der Waals surface area contributed by atoms with Gasteiger partial charge >= 0.3 is 0 Å². The molecule has 1 saturated heterocycles. The molecule has 5 heteroatoms. The number of rotatable bonds is 5. The molecule has 1 aliphatic heterocycles. The Balaban J connectivity index is 1.63. The van der Waals surface area contributed by atoms with Crippen LogP contribution in [0.3, 0.4) is 0 Å². The standard InChI is InChI=1S/C26H33NO4/c1-17-13-14-19-15-27(25(28)18(2)20-9-5-7-11-23(20)30-3)16-22(19)26(17,29)21-10-6-8-12-24(21)31-4/h5-12,17-19,22,29H,13-16H2,1-4H3/t17-,18+,19-,22+,26+/m1/s1. The zero-order chi connectivity index (χ0) is 22.2. The van der Waals surface area contributed by atoms with Crippen LogP contribution in [-0.4, -0.2) is 43.2 Å². The monoisotopic (exact) mass is 423 g/mol. The number of benzene rings is 2. The highest BCUT2D eigenvalue weighted by Gasteiger charge is 2.55.